The van der Waals surface area contributed by atoms with Crippen molar-refractivity contribution in [2.24, 2.45) is 0 Å². The molecule has 0 saturated carbocycles. The predicted octanol–water partition coefficient (Wildman–Crippen LogP) is 10.1. The Balaban J connectivity index is 2.13. The molecule has 0 aromatic heterocycles. The molecule has 0 aliphatic carbocycles. The van der Waals surface area contributed by atoms with Gasteiger partial charge in [-0.25, -0.2) is 0 Å². The third-order valence-electron chi connectivity index (χ3n) is 7.13. The molecular formula is C37H43P. The Labute approximate surface area is 233 Å². The summed E-state index contributed by atoms with van der Waals surface area (Å²) in [7, 11) is 1.24. The molecule has 0 amide bonds. The molecule has 0 nitrogen and oxygen atoms in total. The molecule has 4 rings (SSSR count). The van der Waals surface area contributed by atoms with Crippen LogP contribution in [-0.2, 0) is 16.2 Å². The lowest BCUT2D eigenvalue weighted by Gasteiger charge is -2.33. The normalized spacial score (nSPS) is 13.0. The molecule has 1 heteroatoms. The summed E-state index contributed by atoms with van der Waals surface area (Å²) in [6, 6.07) is 35.6. The molecule has 0 atom stereocenters. The van der Waals surface area contributed by atoms with Gasteiger partial charge >= 0.3 is 0 Å². The average molecular weight is 519 g/mol. The first-order valence-corrected chi connectivity index (χ1v) is 14.6. The van der Waals surface area contributed by atoms with Crippen LogP contribution < -0.4 is 5.30 Å². The van der Waals surface area contributed by atoms with Gasteiger partial charge in [-0.05, 0) is 55.2 Å². The zero-order chi connectivity index (χ0) is 27.7. The van der Waals surface area contributed by atoms with E-state index in [0.29, 0.717) is 0 Å². The minimum absolute atomic E-state index is 0.0182. The van der Waals surface area contributed by atoms with Crippen molar-refractivity contribution >= 4 is 18.8 Å². The zero-order valence-electron chi connectivity index (χ0n) is 24.7. The second-order valence-electron chi connectivity index (χ2n) is 13.4. The molecule has 0 N–H and O–H groups in total. The second kappa shape index (κ2) is 10.7. The predicted molar refractivity (Wildman–Crippen MR) is 171 cm³/mol. The average Bonchev–Trinajstić information content (AvgIpc) is 2.86. The van der Waals surface area contributed by atoms with Gasteiger partial charge in [-0.1, -0.05) is 168 Å². The minimum atomic E-state index is 0.0182. The van der Waals surface area contributed by atoms with E-state index in [1.807, 2.05) is 0 Å². The van der Waals surface area contributed by atoms with E-state index in [0.717, 1.165) is 0 Å². The molecule has 0 heterocycles. The molecule has 38 heavy (non-hydrogen) atoms. The molecule has 4 aromatic carbocycles. The molecule has 0 bridgehead atoms. The topological polar surface area (TPSA) is 0 Å². The van der Waals surface area contributed by atoms with Crippen LogP contribution in [0.3, 0.4) is 0 Å². The Morgan fingerprint density at radius 3 is 1.50 bits per heavy atom. The highest BCUT2D eigenvalue weighted by atomic mass is 31.1. The maximum absolute atomic E-state index is 2.49. The standard InChI is InChI=1S/C37H43P/c1-35(2,3)28-24-31(36(4,5)6)34(32(25-28)37(7,8)9)38-33(27-20-14-11-15-21-27)30-23-17-16-22-29(30)26-18-12-10-13-19-26/h10-25H,1-9H3. The van der Waals surface area contributed by atoms with Crippen LogP contribution in [0.15, 0.2) is 97.1 Å². The number of rotatable bonds is 4. The van der Waals surface area contributed by atoms with Gasteiger partial charge in [0.05, 0.1) is 0 Å². The maximum atomic E-state index is 2.49. The van der Waals surface area contributed by atoms with Gasteiger partial charge < -0.3 is 0 Å². The van der Waals surface area contributed by atoms with E-state index < -0.39 is 0 Å². The Morgan fingerprint density at radius 1 is 0.526 bits per heavy atom. The highest BCUT2D eigenvalue weighted by Gasteiger charge is 2.29. The van der Waals surface area contributed by atoms with E-state index >= 15 is 0 Å². The summed E-state index contributed by atoms with van der Waals surface area (Å²) in [5, 5.41) is 2.80. The molecule has 196 valence electrons. The van der Waals surface area contributed by atoms with Crippen LogP contribution in [-0.4, -0.2) is 5.29 Å². The molecule has 0 aliphatic heterocycles. The Hall–Kier alpha value is -2.95. The van der Waals surface area contributed by atoms with Crippen molar-refractivity contribution in [1.82, 2.24) is 0 Å². The lowest BCUT2D eigenvalue weighted by Crippen LogP contribution is -2.30. The van der Waals surface area contributed by atoms with E-state index in [4.69, 9.17) is 0 Å². The minimum Gasteiger partial charge on any atom is -0.0622 e. The van der Waals surface area contributed by atoms with Crippen molar-refractivity contribution in [3.8, 4) is 11.1 Å². The highest BCUT2D eigenvalue weighted by Crippen LogP contribution is 2.37. The Bertz CT molecular complexity index is 1390. The molecule has 0 spiro atoms. The first kappa shape index (κ1) is 28.1. The fourth-order valence-electron chi connectivity index (χ4n) is 4.88. The first-order valence-electron chi connectivity index (χ1n) is 13.8. The molecular weight excluding hydrogens is 475 g/mol. The van der Waals surface area contributed by atoms with Gasteiger partial charge in [0.25, 0.3) is 0 Å². The van der Waals surface area contributed by atoms with E-state index in [9.17, 15) is 0 Å². The highest BCUT2D eigenvalue weighted by molar-refractivity contribution is 7.50. The summed E-state index contributed by atoms with van der Waals surface area (Å²) < 4.78 is 0. The van der Waals surface area contributed by atoms with Gasteiger partial charge in [0.15, 0.2) is 0 Å². The van der Waals surface area contributed by atoms with Gasteiger partial charge in [0.2, 0.25) is 0 Å². The Kier molecular flexibility index (Phi) is 7.88. The molecule has 4 aromatic rings. The third-order valence-corrected chi connectivity index (χ3v) is 8.56. The quantitative estimate of drug-likeness (QED) is 0.236. The largest absolute Gasteiger partial charge is 0.0622 e. The first-order chi connectivity index (χ1) is 17.8. The van der Waals surface area contributed by atoms with Crippen LogP contribution in [0.2, 0.25) is 0 Å². The van der Waals surface area contributed by atoms with Crippen LogP contribution in [0, 0.1) is 0 Å². The summed E-state index contributed by atoms with van der Waals surface area (Å²) in [6.45, 7) is 21.2. The van der Waals surface area contributed by atoms with Gasteiger partial charge in [0, 0.05) is 10.6 Å². The lowest BCUT2D eigenvalue weighted by atomic mass is 9.75. The van der Waals surface area contributed by atoms with E-state index in [2.05, 4.69) is 159 Å². The zero-order valence-corrected chi connectivity index (χ0v) is 25.6. The van der Waals surface area contributed by atoms with E-state index in [1.165, 1.54) is 57.7 Å². The number of benzene rings is 4. The maximum Gasteiger partial charge on any atom is 0.0175 e. The van der Waals surface area contributed by atoms with Gasteiger partial charge in [-0.2, -0.15) is 0 Å². The molecule has 0 aliphatic rings. The van der Waals surface area contributed by atoms with Crippen molar-refractivity contribution in [3.05, 3.63) is 125 Å². The number of hydrogen-bond acceptors (Lipinski definition) is 0. The third kappa shape index (κ3) is 6.19. The summed E-state index contributed by atoms with van der Waals surface area (Å²) in [5.74, 6) is 0. The van der Waals surface area contributed by atoms with Gasteiger partial charge in [0.1, 0.15) is 0 Å². The molecule has 0 fully saturated rings. The monoisotopic (exact) mass is 518 g/mol. The summed E-state index contributed by atoms with van der Waals surface area (Å²) in [5.41, 5.74) is 9.53. The van der Waals surface area contributed by atoms with Gasteiger partial charge in [-0.3, -0.25) is 0 Å². The summed E-state index contributed by atoms with van der Waals surface area (Å²) >= 11 is 0. The van der Waals surface area contributed by atoms with Crippen LogP contribution in [0.5, 0.6) is 0 Å². The van der Waals surface area contributed by atoms with Crippen molar-refractivity contribution < 1.29 is 0 Å². The molecule has 0 unspecified atom stereocenters. The summed E-state index contributed by atoms with van der Waals surface area (Å²) in [6.07, 6.45) is 0. The smallest absolute Gasteiger partial charge is 0.0175 e. The second-order valence-corrected chi connectivity index (χ2v) is 14.5. The van der Waals surface area contributed by atoms with Crippen LogP contribution in [0.4, 0.5) is 0 Å². The fraction of sp³-hybridized carbons (Fsp3) is 0.324. The molecule has 0 radical (unpaired) electrons. The van der Waals surface area contributed by atoms with Crippen molar-refractivity contribution in [2.75, 3.05) is 0 Å². The van der Waals surface area contributed by atoms with Crippen LogP contribution in [0.1, 0.15) is 90.1 Å². The Morgan fingerprint density at radius 2 is 1.00 bits per heavy atom. The van der Waals surface area contributed by atoms with Crippen LogP contribution >= 0.6 is 8.20 Å². The fourth-order valence-corrected chi connectivity index (χ4v) is 6.74. The van der Waals surface area contributed by atoms with E-state index in [-0.39, 0.29) is 16.2 Å². The van der Waals surface area contributed by atoms with Crippen molar-refractivity contribution in [2.45, 2.75) is 78.6 Å². The van der Waals surface area contributed by atoms with E-state index in [1.54, 1.807) is 0 Å². The van der Waals surface area contributed by atoms with Crippen molar-refractivity contribution in [1.29, 1.82) is 0 Å². The molecule has 0 saturated heterocycles. The summed E-state index contributed by atoms with van der Waals surface area (Å²) in [4.78, 5) is 0. The lowest BCUT2D eigenvalue weighted by molar-refractivity contribution is 0.554. The van der Waals surface area contributed by atoms with Crippen LogP contribution in [0.25, 0.3) is 11.1 Å². The SMILES string of the molecule is CC(C)(C)c1cc(C(C)(C)C)c(P=C(c2ccccc2)c2ccccc2-c2ccccc2)c(C(C)(C)C)c1. The van der Waals surface area contributed by atoms with Crippen molar-refractivity contribution in [3.63, 3.8) is 0 Å². The number of hydrogen-bond donors (Lipinski definition) is 0. The van der Waals surface area contributed by atoms with Gasteiger partial charge in [-0.15, -0.1) is 0 Å².